The Morgan fingerprint density at radius 3 is 2.59 bits per heavy atom. The van der Waals surface area contributed by atoms with Gasteiger partial charge in [0.1, 0.15) is 11.4 Å². The third kappa shape index (κ3) is 3.99. The monoisotopic (exact) mass is 434 g/mol. The van der Waals surface area contributed by atoms with Crippen LogP contribution in [0, 0.1) is 11.7 Å². The molecule has 170 valence electrons. The molecule has 1 aromatic heterocycles. The van der Waals surface area contributed by atoms with Crippen molar-refractivity contribution in [1.82, 2.24) is 9.88 Å². The highest BCUT2D eigenvalue weighted by Crippen LogP contribution is 2.49. The van der Waals surface area contributed by atoms with Gasteiger partial charge in [0.15, 0.2) is 0 Å². The number of aryl methyl sites for hydroxylation is 1. The first-order chi connectivity index (χ1) is 15.4. The Morgan fingerprint density at radius 1 is 1.12 bits per heavy atom. The zero-order chi connectivity index (χ0) is 22.3. The van der Waals surface area contributed by atoms with Crippen molar-refractivity contribution in [2.75, 3.05) is 14.1 Å². The predicted molar refractivity (Wildman–Crippen MR) is 128 cm³/mol. The Bertz CT molecular complexity index is 1070. The van der Waals surface area contributed by atoms with Crippen molar-refractivity contribution in [2.24, 2.45) is 5.92 Å². The summed E-state index contributed by atoms with van der Waals surface area (Å²) in [4.78, 5) is 6.06. The number of hydrogen-bond acceptors (Lipinski definition) is 2. The fourth-order valence-corrected chi connectivity index (χ4v) is 6.33. The fraction of sp³-hybridized carbons (Fsp3) is 0.500. The van der Waals surface area contributed by atoms with Gasteiger partial charge in [-0.15, -0.1) is 0 Å². The van der Waals surface area contributed by atoms with Gasteiger partial charge in [-0.25, -0.2) is 4.39 Å². The zero-order valence-corrected chi connectivity index (χ0v) is 19.5. The molecule has 1 N–H and O–H groups in total. The lowest BCUT2D eigenvalue weighted by molar-refractivity contribution is -0.135. The Balaban J connectivity index is 1.35. The number of nitrogens with one attached hydrogen (secondary N) is 1. The second kappa shape index (κ2) is 8.64. The number of benzene rings is 2. The Hall–Kier alpha value is -2.17. The second-order valence-electron chi connectivity index (χ2n) is 10.2. The van der Waals surface area contributed by atoms with Crippen LogP contribution in [0.5, 0.6) is 0 Å². The van der Waals surface area contributed by atoms with E-state index in [-0.39, 0.29) is 17.5 Å². The van der Waals surface area contributed by atoms with Crippen LogP contribution in [0.3, 0.4) is 0 Å². The summed E-state index contributed by atoms with van der Waals surface area (Å²) < 4.78 is 20.7. The molecule has 32 heavy (non-hydrogen) atoms. The maximum Gasteiger partial charge on any atom is 0.123 e. The van der Waals surface area contributed by atoms with Crippen LogP contribution in [0.2, 0.25) is 0 Å². The summed E-state index contributed by atoms with van der Waals surface area (Å²) in [7, 11) is 4.45. The van der Waals surface area contributed by atoms with Crippen molar-refractivity contribution in [3.05, 3.63) is 71.2 Å². The van der Waals surface area contributed by atoms with Crippen molar-refractivity contribution in [3.63, 3.8) is 0 Å². The summed E-state index contributed by atoms with van der Waals surface area (Å²) in [5.41, 5.74) is 4.68. The molecule has 3 aromatic rings. The number of rotatable bonds is 5. The van der Waals surface area contributed by atoms with Gasteiger partial charge in [0, 0.05) is 23.4 Å². The lowest BCUT2D eigenvalue weighted by Crippen LogP contribution is -2.45. The zero-order valence-electron chi connectivity index (χ0n) is 19.5. The number of aromatic nitrogens is 1. The van der Waals surface area contributed by atoms with Gasteiger partial charge in [-0.05, 0) is 94.8 Å². The van der Waals surface area contributed by atoms with E-state index in [2.05, 4.69) is 61.2 Å². The molecule has 2 heterocycles. The van der Waals surface area contributed by atoms with Gasteiger partial charge < -0.3 is 14.6 Å². The number of aromatic amines is 1. The van der Waals surface area contributed by atoms with Crippen LogP contribution in [0.15, 0.2) is 48.5 Å². The highest BCUT2D eigenvalue weighted by molar-refractivity contribution is 5.85. The smallest absolute Gasteiger partial charge is 0.123 e. The molecule has 2 unspecified atom stereocenters. The van der Waals surface area contributed by atoms with E-state index >= 15 is 0 Å². The van der Waals surface area contributed by atoms with Crippen molar-refractivity contribution in [2.45, 2.75) is 69.6 Å². The average molecular weight is 435 g/mol. The normalized spacial score (nSPS) is 26.5. The summed E-state index contributed by atoms with van der Waals surface area (Å²) in [5.74, 6) is 0.508. The van der Waals surface area contributed by atoms with E-state index < -0.39 is 0 Å². The molecule has 2 atom stereocenters. The minimum absolute atomic E-state index is 0.157. The lowest BCUT2D eigenvalue weighted by atomic mass is 9.71. The minimum Gasteiger partial charge on any atom is -0.365 e. The first kappa shape index (κ1) is 21.7. The van der Waals surface area contributed by atoms with E-state index in [9.17, 15) is 4.39 Å². The number of H-pyrrole nitrogens is 1. The number of nitrogens with zero attached hydrogens (tertiary/aromatic N) is 1. The first-order valence-electron chi connectivity index (χ1n) is 12.1. The summed E-state index contributed by atoms with van der Waals surface area (Å²) in [6.45, 7) is 2.16. The molecule has 2 aliphatic rings. The third-order valence-electron chi connectivity index (χ3n) is 7.86. The van der Waals surface area contributed by atoms with Gasteiger partial charge in [-0.3, -0.25) is 0 Å². The van der Waals surface area contributed by atoms with Gasteiger partial charge in [-0.2, -0.15) is 0 Å². The molecule has 2 aromatic carbocycles. The number of halogens is 1. The van der Waals surface area contributed by atoms with Crippen LogP contribution in [0.25, 0.3) is 10.9 Å². The SMILES string of the molecule is CC1Cc2c([nH]c3ccc(F)cc23)C2(CCC(C(CCc3ccccc3)N(C)C)CC2)O1. The van der Waals surface area contributed by atoms with E-state index in [4.69, 9.17) is 4.74 Å². The van der Waals surface area contributed by atoms with Crippen LogP contribution in [0.1, 0.15) is 55.8 Å². The van der Waals surface area contributed by atoms with Gasteiger partial charge in [0.05, 0.1) is 11.8 Å². The van der Waals surface area contributed by atoms with E-state index in [1.54, 1.807) is 12.1 Å². The van der Waals surface area contributed by atoms with Crippen LogP contribution >= 0.6 is 0 Å². The quantitative estimate of drug-likeness (QED) is 0.517. The van der Waals surface area contributed by atoms with E-state index in [0.717, 1.165) is 49.4 Å². The molecule has 1 saturated carbocycles. The van der Waals surface area contributed by atoms with E-state index in [1.165, 1.54) is 23.2 Å². The topological polar surface area (TPSA) is 28.3 Å². The summed E-state index contributed by atoms with van der Waals surface area (Å²) in [5, 5.41) is 1.03. The summed E-state index contributed by atoms with van der Waals surface area (Å²) in [6.07, 6.45) is 7.69. The van der Waals surface area contributed by atoms with Crippen LogP contribution in [-0.4, -0.2) is 36.1 Å². The molecule has 5 rings (SSSR count). The molecule has 0 amide bonds. The molecule has 1 spiro atoms. The molecule has 1 aliphatic carbocycles. The van der Waals surface area contributed by atoms with Crippen LogP contribution in [0.4, 0.5) is 4.39 Å². The molecule has 3 nitrogen and oxygen atoms in total. The number of fused-ring (bicyclic) bond motifs is 4. The van der Waals surface area contributed by atoms with Gasteiger partial charge in [0.25, 0.3) is 0 Å². The lowest BCUT2D eigenvalue weighted by Gasteiger charge is -2.47. The third-order valence-corrected chi connectivity index (χ3v) is 7.86. The highest BCUT2D eigenvalue weighted by Gasteiger charge is 2.46. The number of ether oxygens (including phenoxy) is 1. The van der Waals surface area contributed by atoms with Crippen molar-refractivity contribution in [3.8, 4) is 0 Å². The van der Waals surface area contributed by atoms with Gasteiger partial charge in [0.2, 0.25) is 0 Å². The second-order valence-corrected chi connectivity index (χ2v) is 10.2. The van der Waals surface area contributed by atoms with Gasteiger partial charge >= 0.3 is 0 Å². The number of hydrogen-bond donors (Lipinski definition) is 1. The van der Waals surface area contributed by atoms with Crippen molar-refractivity contribution in [1.29, 1.82) is 0 Å². The largest absolute Gasteiger partial charge is 0.365 e. The van der Waals surface area contributed by atoms with Crippen LogP contribution in [-0.2, 0) is 23.2 Å². The standard InChI is InChI=1S/C28H35FN2O/c1-19-17-24-23-18-22(29)10-11-25(23)30-27(24)28(32-19)15-13-21(14-16-28)26(31(2)3)12-9-20-7-5-4-6-8-20/h4-8,10-11,18-19,21,26,30H,9,12-17H2,1-3H3. The molecule has 0 saturated heterocycles. The van der Waals surface area contributed by atoms with Crippen molar-refractivity contribution >= 4 is 10.9 Å². The highest BCUT2D eigenvalue weighted by atomic mass is 19.1. The summed E-state index contributed by atoms with van der Waals surface area (Å²) in [6, 6.07) is 16.5. The molecule has 1 aliphatic heterocycles. The van der Waals surface area contributed by atoms with Crippen LogP contribution < -0.4 is 0 Å². The molecular formula is C28H35FN2O. The first-order valence-corrected chi connectivity index (χ1v) is 12.1. The summed E-state index contributed by atoms with van der Waals surface area (Å²) >= 11 is 0. The van der Waals surface area contributed by atoms with E-state index in [1.807, 2.05) is 6.07 Å². The molecule has 0 bridgehead atoms. The fourth-order valence-electron chi connectivity index (χ4n) is 6.33. The molecule has 1 fully saturated rings. The maximum atomic E-state index is 14.0. The minimum atomic E-state index is -0.255. The molecular weight excluding hydrogens is 399 g/mol. The maximum absolute atomic E-state index is 14.0. The predicted octanol–water partition coefficient (Wildman–Crippen LogP) is 6.22. The average Bonchev–Trinajstić information content (AvgIpc) is 3.14. The Morgan fingerprint density at radius 2 is 1.88 bits per heavy atom. The Labute approximate surface area is 191 Å². The van der Waals surface area contributed by atoms with Gasteiger partial charge in [-0.1, -0.05) is 30.3 Å². The molecule has 0 radical (unpaired) electrons. The molecule has 4 heteroatoms. The van der Waals surface area contributed by atoms with Crippen molar-refractivity contribution < 1.29 is 9.13 Å². The Kier molecular flexibility index (Phi) is 5.85. The van der Waals surface area contributed by atoms with E-state index in [0.29, 0.717) is 12.0 Å².